The summed E-state index contributed by atoms with van der Waals surface area (Å²) in [6, 6.07) is 2.52. The number of hydrogen-bond acceptors (Lipinski definition) is 2. The Balaban J connectivity index is 5.71. The fourth-order valence-electron chi connectivity index (χ4n) is 6.29. The maximum Gasteiger partial charge on any atom is 0.203 e. The Kier molecular flexibility index (Phi) is 12.5. The Labute approximate surface area is 206 Å². The Bertz CT molecular complexity index is 440. The molecule has 0 rings (SSSR count). The van der Waals surface area contributed by atoms with Gasteiger partial charge < -0.3 is 8.85 Å². The van der Waals surface area contributed by atoms with Gasteiger partial charge in [0.2, 0.25) is 16.6 Å². The molecule has 0 saturated carbocycles. The van der Waals surface area contributed by atoms with Crippen molar-refractivity contribution < 1.29 is 8.85 Å². The maximum absolute atomic E-state index is 6.96. The molecule has 0 aliphatic heterocycles. The van der Waals surface area contributed by atoms with Gasteiger partial charge in [-0.25, -0.2) is 0 Å². The minimum absolute atomic E-state index is 0.235. The quantitative estimate of drug-likeness (QED) is 0.190. The highest BCUT2D eigenvalue weighted by atomic mass is 28.4. The van der Waals surface area contributed by atoms with Gasteiger partial charge in [-0.1, -0.05) is 123 Å². The molecular formula is C28H62O2Si2. The van der Waals surface area contributed by atoms with Crippen molar-refractivity contribution in [1.29, 1.82) is 0 Å². The lowest BCUT2D eigenvalue weighted by atomic mass is 10.2. The van der Waals surface area contributed by atoms with Crippen LogP contribution in [0.4, 0.5) is 0 Å². The lowest BCUT2D eigenvalue weighted by Gasteiger charge is -2.52. The molecule has 32 heavy (non-hydrogen) atoms. The molecule has 0 fully saturated rings. The molecule has 0 aromatic carbocycles. The summed E-state index contributed by atoms with van der Waals surface area (Å²) in [5.74, 6) is 0. The van der Waals surface area contributed by atoms with Gasteiger partial charge in [-0.15, -0.1) is 0 Å². The Morgan fingerprint density at radius 1 is 0.438 bits per heavy atom. The van der Waals surface area contributed by atoms with Crippen LogP contribution in [-0.2, 0) is 8.85 Å². The molecular weight excluding hydrogens is 424 g/mol. The van der Waals surface area contributed by atoms with Crippen LogP contribution in [0.2, 0.25) is 32.2 Å². The zero-order valence-corrected chi connectivity index (χ0v) is 26.9. The van der Waals surface area contributed by atoms with Gasteiger partial charge in [0.25, 0.3) is 0 Å². The van der Waals surface area contributed by atoms with E-state index < -0.39 is 16.6 Å². The van der Waals surface area contributed by atoms with Gasteiger partial charge in [-0.2, -0.15) is 0 Å². The van der Waals surface area contributed by atoms with Gasteiger partial charge in [0, 0.05) is 13.2 Å². The average molecular weight is 487 g/mol. The predicted molar refractivity (Wildman–Crippen MR) is 151 cm³/mol. The number of hydrogen-bond donors (Lipinski definition) is 0. The maximum atomic E-state index is 6.96. The van der Waals surface area contributed by atoms with E-state index in [-0.39, 0.29) is 20.2 Å². The summed E-state index contributed by atoms with van der Waals surface area (Å²) in [5.41, 5.74) is 0. The van der Waals surface area contributed by atoms with Crippen molar-refractivity contribution in [2.75, 3.05) is 13.2 Å². The lowest BCUT2D eigenvalue weighted by molar-refractivity contribution is 0.245. The van der Waals surface area contributed by atoms with Crippen molar-refractivity contribution in [2.24, 2.45) is 0 Å². The summed E-state index contributed by atoms with van der Waals surface area (Å²) in [7, 11) is -3.96. The van der Waals surface area contributed by atoms with Gasteiger partial charge in [-0.3, -0.25) is 0 Å². The second-order valence-electron chi connectivity index (χ2n) is 14.3. The molecule has 0 aromatic heterocycles. The molecule has 0 aliphatic rings. The molecule has 0 unspecified atom stereocenters. The van der Waals surface area contributed by atoms with Crippen molar-refractivity contribution in [1.82, 2.24) is 0 Å². The van der Waals surface area contributed by atoms with Crippen molar-refractivity contribution in [3.8, 4) is 0 Å². The molecule has 4 heteroatoms. The Morgan fingerprint density at radius 2 is 0.688 bits per heavy atom. The van der Waals surface area contributed by atoms with E-state index in [0.29, 0.717) is 0 Å². The molecule has 0 N–H and O–H groups in total. The zero-order valence-electron chi connectivity index (χ0n) is 24.9. The van der Waals surface area contributed by atoms with Gasteiger partial charge in [0.1, 0.15) is 0 Å². The predicted octanol–water partition coefficient (Wildman–Crippen LogP) is 10.5. The first-order valence-corrected chi connectivity index (χ1v) is 17.8. The summed E-state index contributed by atoms with van der Waals surface area (Å²) in [6.45, 7) is 35.7. The van der Waals surface area contributed by atoms with Gasteiger partial charge >= 0.3 is 0 Å². The summed E-state index contributed by atoms with van der Waals surface area (Å²) in [4.78, 5) is 0. The molecule has 0 aliphatic carbocycles. The van der Waals surface area contributed by atoms with Crippen LogP contribution in [0, 0.1) is 0 Å². The van der Waals surface area contributed by atoms with Crippen LogP contribution >= 0.6 is 0 Å². The standard InChI is InChI=1S/C28H62O2Si2/c1-15-17-21-29-31(25(3,4)5,26(6,7)8)23-19-20-24-32(27(9,10)11,28(12,13)14)30-22-18-16-2/h15-24H2,1-14H3. The minimum atomic E-state index is -1.98. The van der Waals surface area contributed by atoms with Crippen molar-refractivity contribution >= 4 is 16.6 Å². The first kappa shape index (κ1) is 32.4. The normalized spacial score (nSPS) is 14.8. The van der Waals surface area contributed by atoms with Crippen molar-refractivity contribution in [3.05, 3.63) is 0 Å². The molecule has 0 aromatic rings. The highest BCUT2D eigenvalue weighted by Gasteiger charge is 2.56. The first-order chi connectivity index (χ1) is 14.3. The second-order valence-corrected chi connectivity index (χ2v) is 25.2. The molecule has 0 bridgehead atoms. The SMILES string of the molecule is CCCCO[Si](CCCC[Si](OCCCC)(C(C)(C)C)C(C)(C)C)(C(C)(C)C)C(C)(C)C. The third-order valence-electron chi connectivity index (χ3n) is 7.85. The second kappa shape index (κ2) is 12.4. The number of unbranched alkanes of at least 4 members (excludes halogenated alkanes) is 3. The fraction of sp³-hybridized carbons (Fsp3) is 1.00. The first-order valence-electron chi connectivity index (χ1n) is 13.6. The molecule has 0 atom stereocenters. The van der Waals surface area contributed by atoms with Gasteiger partial charge in [0.15, 0.2) is 0 Å². The smallest absolute Gasteiger partial charge is 0.203 e. The minimum Gasteiger partial charge on any atom is -0.416 e. The fourth-order valence-corrected chi connectivity index (χ4v) is 18.3. The summed E-state index contributed by atoms with van der Waals surface area (Å²) in [5, 5.41) is 0.941. The van der Waals surface area contributed by atoms with Crippen LogP contribution in [0.15, 0.2) is 0 Å². The lowest BCUT2D eigenvalue weighted by Crippen LogP contribution is -2.55. The van der Waals surface area contributed by atoms with E-state index in [0.717, 1.165) is 13.2 Å². The van der Waals surface area contributed by atoms with Crippen molar-refractivity contribution in [2.45, 2.75) is 168 Å². The topological polar surface area (TPSA) is 18.5 Å². The van der Waals surface area contributed by atoms with Crippen LogP contribution in [0.5, 0.6) is 0 Å². The van der Waals surface area contributed by atoms with Crippen molar-refractivity contribution in [3.63, 3.8) is 0 Å². The molecule has 194 valence electrons. The highest BCUT2D eigenvalue weighted by Crippen LogP contribution is 2.57. The summed E-state index contributed by atoms with van der Waals surface area (Å²) < 4.78 is 13.9. The molecule has 2 nitrogen and oxygen atoms in total. The van der Waals surface area contributed by atoms with E-state index in [9.17, 15) is 0 Å². The van der Waals surface area contributed by atoms with E-state index in [4.69, 9.17) is 8.85 Å². The van der Waals surface area contributed by atoms with E-state index in [1.54, 1.807) is 0 Å². The average Bonchev–Trinajstić information content (AvgIpc) is 2.58. The van der Waals surface area contributed by atoms with Crippen LogP contribution in [0.1, 0.15) is 135 Å². The van der Waals surface area contributed by atoms with E-state index in [2.05, 4.69) is 96.9 Å². The third kappa shape index (κ3) is 7.95. The monoisotopic (exact) mass is 486 g/mol. The third-order valence-corrected chi connectivity index (χ3v) is 21.0. The molecule has 0 radical (unpaired) electrons. The Hall–Kier alpha value is 0.354. The molecule has 0 amide bonds. The molecule has 0 heterocycles. The molecule has 0 spiro atoms. The van der Waals surface area contributed by atoms with Crippen LogP contribution in [-0.4, -0.2) is 29.8 Å². The molecule has 0 saturated heterocycles. The largest absolute Gasteiger partial charge is 0.416 e. The van der Waals surface area contributed by atoms with Crippen LogP contribution in [0.3, 0.4) is 0 Å². The van der Waals surface area contributed by atoms with Crippen LogP contribution in [0.25, 0.3) is 0 Å². The zero-order chi connectivity index (χ0) is 25.5. The highest BCUT2D eigenvalue weighted by molar-refractivity contribution is 6.80. The van der Waals surface area contributed by atoms with E-state index >= 15 is 0 Å². The van der Waals surface area contributed by atoms with Gasteiger partial charge in [0.05, 0.1) is 0 Å². The number of rotatable bonds is 13. The van der Waals surface area contributed by atoms with E-state index in [1.807, 2.05) is 0 Å². The Morgan fingerprint density at radius 3 is 0.875 bits per heavy atom. The summed E-state index contributed by atoms with van der Waals surface area (Å²) in [6.07, 6.45) is 7.31. The van der Waals surface area contributed by atoms with E-state index in [1.165, 1.54) is 50.6 Å². The summed E-state index contributed by atoms with van der Waals surface area (Å²) >= 11 is 0. The van der Waals surface area contributed by atoms with Crippen LogP contribution < -0.4 is 0 Å². The van der Waals surface area contributed by atoms with Gasteiger partial charge in [-0.05, 0) is 45.1 Å².